The van der Waals surface area contributed by atoms with Crippen LogP contribution in [0.25, 0.3) is 0 Å². The molecule has 9 nitrogen and oxygen atoms in total. The molecule has 4 N–H and O–H groups in total. The monoisotopic (exact) mass is 302 g/mol. The fraction of sp³-hybridized carbons (Fsp3) is 0.500. The van der Waals surface area contributed by atoms with Gasteiger partial charge in [0.25, 0.3) is 11.9 Å². The molecule has 104 valence electrons. The molecule has 0 saturated carbocycles. The summed E-state index contributed by atoms with van der Waals surface area (Å²) in [6.45, 7) is 4.11. The quantitative estimate of drug-likeness (QED) is 0.412. The first-order valence-electron chi connectivity index (χ1n) is 3.67. The number of carboxylic acids is 4. The maximum atomic E-state index is 9.00. The molecule has 0 aromatic rings. The van der Waals surface area contributed by atoms with Crippen molar-refractivity contribution in [1.82, 2.24) is 0 Å². The number of carboxylic acid groups (broad SMARTS) is 4. The third-order valence-corrected chi connectivity index (χ3v) is 0. The van der Waals surface area contributed by atoms with Crippen molar-refractivity contribution in [2.45, 2.75) is 27.7 Å². The first-order valence-corrected chi connectivity index (χ1v) is 3.67. The SMILES string of the molecule is CC(=O)O.CC(=O)O.CC(=O)[O-].CC(=O)[O-].O.[Na+].[Na+]. The van der Waals surface area contributed by atoms with Crippen LogP contribution in [0.4, 0.5) is 0 Å². The van der Waals surface area contributed by atoms with E-state index in [1.165, 1.54) is 0 Å². The van der Waals surface area contributed by atoms with Crippen molar-refractivity contribution < 1.29 is 104 Å². The summed E-state index contributed by atoms with van der Waals surface area (Å²) in [5.74, 6) is -3.83. The first kappa shape index (κ1) is 42.8. The van der Waals surface area contributed by atoms with E-state index >= 15 is 0 Å². The second kappa shape index (κ2) is 36.1. The van der Waals surface area contributed by atoms with Crippen LogP contribution in [0.15, 0.2) is 0 Å². The molecule has 0 unspecified atom stereocenters. The van der Waals surface area contributed by atoms with Crippen molar-refractivity contribution >= 4 is 23.9 Å². The Hall–Kier alpha value is -0.160. The Bertz CT molecular complexity index is 166. The minimum Gasteiger partial charge on any atom is -0.550 e. The molecular weight excluding hydrogens is 286 g/mol. The summed E-state index contributed by atoms with van der Waals surface area (Å²) < 4.78 is 0. The zero-order valence-corrected chi connectivity index (χ0v) is 15.8. The minimum atomic E-state index is -1.08. The van der Waals surface area contributed by atoms with Gasteiger partial charge in [-0.2, -0.15) is 0 Å². The van der Waals surface area contributed by atoms with Crippen LogP contribution in [0.3, 0.4) is 0 Å². The first-order chi connectivity index (χ1) is 6.93. The van der Waals surface area contributed by atoms with Crippen molar-refractivity contribution in [3.05, 3.63) is 0 Å². The summed E-state index contributed by atoms with van der Waals surface area (Å²) in [4.78, 5) is 35.8. The second-order valence-electron chi connectivity index (χ2n) is 2.02. The van der Waals surface area contributed by atoms with Crippen molar-refractivity contribution in [1.29, 1.82) is 0 Å². The molecule has 0 amide bonds. The van der Waals surface area contributed by atoms with Crippen molar-refractivity contribution in [3.63, 3.8) is 0 Å². The Morgan fingerprint density at radius 3 is 0.684 bits per heavy atom. The van der Waals surface area contributed by atoms with Gasteiger partial charge < -0.3 is 35.5 Å². The van der Waals surface area contributed by atoms with E-state index in [-0.39, 0.29) is 64.6 Å². The van der Waals surface area contributed by atoms with E-state index in [2.05, 4.69) is 0 Å². The number of aliphatic carboxylic acids is 4. The smallest absolute Gasteiger partial charge is 0.550 e. The predicted octanol–water partition coefficient (Wildman–Crippen LogP) is -9.12. The molecule has 0 heterocycles. The van der Waals surface area contributed by atoms with Crippen LogP contribution >= 0.6 is 0 Å². The Labute approximate surface area is 154 Å². The molecule has 0 aromatic carbocycles. The van der Waals surface area contributed by atoms with Gasteiger partial charge in [-0.1, -0.05) is 0 Å². The molecule has 0 saturated heterocycles. The van der Waals surface area contributed by atoms with E-state index < -0.39 is 23.9 Å². The fourth-order valence-corrected chi connectivity index (χ4v) is 0. The largest absolute Gasteiger partial charge is 1.00 e. The third-order valence-electron chi connectivity index (χ3n) is 0. The number of rotatable bonds is 0. The van der Waals surface area contributed by atoms with Crippen LogP contribution in [0.2, 0.25) is 0 Å². The van der Waals surface area contributed by atoms with Gasteiger partial charge in [-0.25, -0.2) is 0 Å². The van der Waals surface area contributed by atoms with E-state index in [0.29, 0.717) is 0 Å². The Morgan fingerprint density at radius 2 is 0.684 bits per heavy atom. The van der Waals surface area contributed by atoms with Gasteiger partial charge in [0.2, 0.25) is 0 Å². The molecule has 0 aliphatic heterocycles. The molecule has 0 radical (unpaired) electrons. The molecule has 11 heteroatoms. The fourth-order valence-electron chi connectivity index (χ4n) is 0. The zero-order valence-electron chi connectivity index (χ0n) is 11.8. The molecule has 0 bridgehead atoms. The van der Waals surface area contributed by atoms with Crippen LogP contribution in [0.1, 0.15) is 27.7 Å². The molecule has 0 aliphatic rings. The summed E-state index contributed by atoms with van der Waals surface area (Å²) in [5, 5.41) is 32.6. The van der Waals surface area contributed by atoms with Gasteiger partial charge in [0, 0.05) is 25.8 Å². The van der Waals surface area contributed by atoms with E-state index in [4.69, 9.17) is 39.6 Å². The van der Waals surface area contributed by atoms with Gasteiger partial charge in [0.15, 0.2) is 0 Å². The summed E-state index contributed by atoms with van der Waals surface area (Å²) >= 11 is 0. The standard InChI is InChI=1S/4C2H4O2.2Na.H2O/c4*1-2(3)4;;;/h4*1H3,(H,3,4);;;1H2/q;;;;2*+1;/p-2. The van der Waals surface area contributed by atoms with Crippen LogP contribution in [0, 0.1) is 0 Å². The van der Waals surface area contributed by atoms with E-state index in [0.717, 1.165) is 27.7 Å². The van der Waals surface area contributed by atoms with Crippen LogP contribution in [-0.2, 0) is 19.2 Å². The van der Waals surface area contributed by atoms with Gasteiger partial charge >= 0.3 is 59.1 Å². The molecule has 0 rings (SSSR count). The average molecular weight is 302 g/mol. The predicted molar refractivity (Wildman–Crippen MR) is 51.6 cm³/mol. The summed E-state index contributed by atoms with van der Waals surface area (Å²) in [5.41, 5.74) is 0. The van der Waals surface area contributed by atoms with Gasteiger partial charge in [-0.15, -0.1) is 0 Å². The number of carbonyl (C=O) groups excluding carboxylic acids is 2. The Kier molecular flexibility index (Phi) is 81.2. The Balaban J connectivity index is -0.0000000192. The summed E-state index contributed by atoms with van der Waals surface area (Å²) in [6.07, 6.45) is 0. The van der Waals surface area contributed by atoms with Crippen LogP contribution < -0.4 is 69.3 Å². The summed E-state index contributed by atoms with van der Waals surface area (Å²) in [6, 6.07) is 0. The third kappa shape index (κ3) is 175000. The number of carbonyl (C=O) groups is 4. The van der Waals surface area contributed by atoms with E-state index in [1.807, 2.05) is 0 Å². The molecule has 0 aliphatic carbocycles. The van der Waals surface area contributed by atoms with Crippen LogP contribution in [0.5, 0.6) is 0 Å². The molecule has 19 heavy (non-hydrogen) atoms. The van der Waals surface area contributed by atoms with E-state index in [9.17, 15) is 0 Å². The van der Waals surface area contributed by atoms with Crippen molar-refractivity contribution in [2.75, 3.05) is 0 Å². The summed E-state index contributed by atoms with van der Waals surface area (Å²) in [7, 11) is 0. The minimum absolute atomic E-state index is 0. The van der Waals surface area contributed by atoms with Gasteiger partial charge in [0.05, 0.1) is 0 Å². The zero-order chi connectivity index (χ0) is 14.3. The maximum absolute atomic E-state index is 9.00. The van der Waals surface area contributed by atoms with Gasteiger partial charge in [0.1, 0.15) is 0 Å². The van der Waals surface area contributed by atoms with Crippen LogP contribution in [-0.4, -0.2) is 39.6 Å². The molecule has 0 atom stereocenters. The number of hydrogen-bond donors (Lipinski definition) is 2. The van der Waals surface area contributed by atoms with Crippen molar-refractivity contribution in [3.8, 4) is 0 Å². The van der Waals surface area contributed by atoms with E-state index in [1.54, 1.807) is 0 Å². The molecule has 0 spiro atoms. The topological polar surface area (TPSA) is 186 Å². The Morgan fingerprint density at radius 1 is 0.684 bits per heavy atom. The number of hydrogen-bond acceptors (Lipinski definition) is 6. The molecule has 0 fully saturated rings. The van der Waals surface area contributed by atoms with Gasteiger partial charge in [-0.05, 0) is 13.8 Å². The second-order valence-corrected chi connectivity index (χ2v) is 2.02. The van der Waals surface area contributed by atoms with Gasteiger partial charge in [-0.3, -0.25) is 9.59 Å². The maximum Gasteiger partial charge on any atom is 1.00 e. The molecular formula is C8H16Na2O9. The normalized spacial score (nSPS) is 5.26. The molecule has 0 aromatic heterocycles. The van der Waals surface area contributed by atoms with Crippen molar-refractivity contribution in [2.24, 2.45) is 0 Å². The average Bonchev–Trinajstić information content (AvgIpc) is 1.76.